The van der Waals surface area contributed by atoms with Crippen LogP contribution in [-0.2, 0) is 13.1 Å². The molecule has 0 spiro atoms. The molecule has 0 aliphatic carbocycles. The standard InChI is InChI=1S/C31H47N/c1-2-3-4-5-6-7-8-9-10-11-12-13-14-15-22-27-32(28-30-23-18-16-19-24-30)29-31-25-20-17-21-26-31/h2-3,16-21,23-26H,4-15,22,27-29H2,1H3/b3-2+. The first-order valence-corrected chi connectivity index (χ1v) is 13.3. The van der Waals surface area contributed by atoms with Crippen molar-refractivity contribution >= 4 is 0 Å². The molecule has 0 fully saturated rings. The molecule has 1 heteroatoms. The molecule has 0 bridgehead atoms. The molecule has 2 aromatic rings. The van der Waals surface area contributed by atoms with Crippen LogP contribution in [0.3, 0.4) is 0 Å². The number of hydrogen-bond donors (Lipinski definition) is 0. The molecule has 0 heterocycles. The highest BCUT2D eigenvalue weighted by Crippen LogP contribution is 2.15. The molecule has 0 N–H and O–H groups in total. The second-order valence-electron chi connectivity index (χ2n) is 9.28. The molecule has 0 radical (unpaired) electrons. The molecule has 2 rings (SSSR count). The van der Waals surface area contributed by atoms with Gasteiger partial charge in [-0.2, -0.15) is 0 Å². The van der Waals surface area contributed by atoms with Crippen molar-refractivity contribution in [2.45, 2.75) is 103 Å². The Hall–Kier alpha value is -1.86. The van der Waals surface area contributed by atoms with Crippen LogP contribution < -0.4 is 0 Å². The van der Waals surface area contributed by atoms with Crippen LogP contribution in [0.2, 0.25) is 0 Å². The van der Waals surface area contributed by atoms with E-state index >= 15 is 0 Å². The van der Waals surface area contributed by atoms with Crippen molar-refractivity contribution in [3.63, 3.8) is 0 Å². The molecule has 0 unspecified atom stereocenters. The Labute approximate surface area is 198 Å². The third-order valence-corrected chi connectivity index (χ3v) is 6.33. The van der Waals surface area contributed by atoms with Gasteiger partial charge in [0, 0.05) is 13.1 Å². The van der Waals surface area contributed by atoms with Crippen molar-refractivity contribution in [3.8, 4) is 0 Å². The molecule has 176 valence electrons. The number of hydrogen-bond acceptors (Lipinski definition) is 1. The van der Waals surface area contributed by atoms with E-state index in [0.29, 0.717) is 0 Å². The van der Waals surface area contributed by atoms with Crippen LogP contribution >= 0.6 is 0 Å². The number of nitrogens with zero attached hydrogens (tertiary/aromatic N) is 1. The summed E-state index contributed by atoms with van der Waals surface area (Å²) in [6.07, 6.45) is 22.6. The Morgan fingerprint density at radius 3 is 1.38 bits per heavy atom. The van der Waals surface area contributed by atoms with Gasteiger partial charge in [0.2, 0.25) is 0 Å². The fraction of sp³-hybridized carbons (Fsp3) is 0.548. The summed E-state index contributed by atoms with van der Waals surface area (Å²) in [6.45, 7) is 5.40. The minimum Gasteiger partial charge on any atom is -0.295 e. The lowest BCUT2D eigenvalue weighted by molar-refractivity contribution is 0.250. The number of rotatable bonds is 19. The fourth-order valence-corrected chi connectivity index (χ4v) is 4.43. The topological polar surface area (TPSA) is 3.24 Å². The summed E-state index contributed by atoms with van der Waals surface area (Å²) in [7, 11) is 0. The van der Waals surface area contributed by atoms with E-state index in [9.17, 15) is 0 Å². The van der Waals surface area contributed by atoms with Gasteiger partial charge in [0.1, 0.15) is 0 Å². The van der Waals surface area contributed by atoms with Crippen LogP contribution in [-0.4, -0.2) is 11.4 Å². The summed E-state index contributed by atoms with van der Waals surface area (Å²) in [5, 5.41) is 0. The zero-order valence-corrected chi connectivity index (χ0v) is 20.7. The molecule has 0 amide bonds. The average Bonchev–Trinajstić information content (AvgIpc) is 2.83. The number of unbranched alkanes of at least 4 members (excludes halogenated alkanes) is 12. The highest BCUT2D eigenvalue weighted by Gasteiger charge is 2.07. The second kappa shape index (κ2) is 18.7. The van der Waals surface area contributed by atoms with Crippen LogP contribution in [0.15, 0.2) is 72.8 Å². The molecule has 0 aliphatic rings. The highest BCUT2D eigenvalue weighted by atomic mass is 15.1. The zero-order chi connectivity index (χ0) is 22.5. The van der Waals surface area contributed by atoms with Crippen LogP contribution in [0.1, 0.15) is 102 Å². The summed E-state index contributed by atoms with van der Waals surface area (Å²) in [5.74, 6) is 0. The van der Waals surface area contributed by atoms with Gasteiger partial charge in [0.05, 0.1) is 0 Å². The summed E-state index contributed by atoms with van der Waals surface area (Å²) in [4.78, 5) is 2.61. The largest absolute Gasteiger partial charge is 0.295 e. The third-order valence-electron chi connectivity index (χ3n) is 6.33. The zero-order valence-electron chi connectivity index (χ0n) is 20.7. The van der Waals surface area contributed by atoms with Crippen molar-refractivity contribution < 1.29 is 0 Å². The van der Waals surface area contributed by atoms with E-state index < -0.39 is 0 Å². The number of allylic oxidation sites excluding steroid dienone is 2. The first-order chi connectivity index (χ1) is 15.9. The van der Waals surface area contributed by atoms with Crippen molar-refractivity contribution in [2.75, 3.05) is 6.54 Å². The lowest BCUT2D eigenvalue weighted by Gasteiger charge is -2.22. The van der Waals surface area contributed by atoms with E-state index in [1.165, 1.54) is 101 Å². The van der Waals surface area contributed by atoms with E-state index in [0.717, 1.165) is 13.1 Å². The maximum atomic E-state index is 2.61. The minimum absolute atomic E-state index is 1.05. The maximum absolute atomic E-state index is 2.61. The van der Waals surface area contributed by atoms with Crippen molar-refractivity contribution in [2.24, 2.45) is 0 Å². The Morgan fingerprint density at radius 1 is 0.531 bits per heavy atom. The molecular weight excluding hydrogens is 386 g/mol. The van der Waals surface area contributed by atoms with Crippen molar-refractivity contribution in [1.82, 2.24) is 4.90 Å². The Morgan fingerprint density at radius 2 is 0.938 bits per heavy atom. The Bertz CT molecular complexity index is 635. The molecule has 1 nitrogen and oxygen atoms in total. The van der Waals surface area contributed by atoms with E-state index in [2.05, 4.69) is 84.6 Å². The van der Waals surface area contributed by atoms with Crippen LogP contribution in [0.5, 0.6) is 0 Å². The number of benzene rings is 2. The lowest BCUT2D eigenvalue weighted by Crippen LogP contribution is -2.24. The molecule has 2 aromatic carbocycles. The Balaban J connectivity index is 1.50. The van der Waals surface area contributed by atoms with Gasteiger partial charge < -0.3 is 0 Å². The van der Waals surface area contributed by atoms with E-state index in [-0.39, 0.29) is 0 Å². The first-order valence-electron chi connectivity index (χ1n) is 13.3. The smallest absolute Gasteiger partial charge is 0.0237 e. The van der Waals surface area contributed by atoms with E-state index in [1.807, 2.05) is 0 Å². The van der Waals surface area contributed by atoms with Gasteiger partial charge in [-0.3, -0.25) is 4.90 Å². The first kappa shape index (κ1) is 26.4. The van der Waals surface area contributed by atoms with Gasteiger partial charge in [-0.05, 0) is 43.9 Å². The van der Waals surface area contributed by atoms with Crippen LogP contribution in [0, 0.1) is 0 Å². The van der Waals surface area contributed by atoms with E-state index in [1.54, 1.807) is 0 Å². The van der Waals surface area contributed by atoms with Gasteiger partial charge in [-0.1, -0.05) is 137 Å². The summed E-state index contributed by atoms with van der Waals surface area (Å²) in [6, 6.07) is 21.8. The molecule has 0 saturated heterocycles. The molecule has 0 saturated carbocycles. The molecule has 32 heavy (non-hydrogen) atoms. The fourth-order valence-electron chi connectivity index (χ4n) is 4.43. The molecule has 0 atom stereocenters. The van der Waals surface area contributed by atoms with Crippen molar-refractivity contribution in [1.29, 1.82) is 0 Å². The maximum Gasteiger partial charge on any atom is 0.0237 e. The van der Waals surface area contributed by atoms with Crippen molar-refractivity contribution in [3.05, 3.63) is 83.9 Å². The SMILES string of the molecule is C/C=C/CCCCCCCCCCCCCCN(Cc1ccccc1)Cc1ccccc1. The molecule has 0 aromatic heterocycles. The van der Waals surface area contributed by atoms with Crippen LogP contribution in [0.25, 0.3) is 0 Å². The van der Waals surface area contributed by atoms with Gasteiger partial charge in [0.25, 0.3) is 0 Å². The average molecular weight is 434 g/mol. The van der Waals surface area contributed by atoms with Gasteiger partial charge in [-0.15, -0.1) is 0 Å². The lowest BCUT2D eigenvalue weighted by atomic mass is 10.0. The van der Waals surface area contributed by atoms with Gasteiger partial charge >= 0.3 is 0 Å². The normalized spacial score (nSPS) is 11.6. The predicted octanol–water partition coefficient (Wildman–Crippen LogP) is 9.34. The molecular formula is C31H47N. The third kappa shape index (κ3) is 13.5. The monoisotopic (exact) mass is 433 g/mol. The quantitative estimate of drug-likeness (QED) is 0.157. The summed E-state index contributed by atoms with van der Waals surface area (Å²) in [5.41, 5.74) is 2.84. The Kier molecular flexibility index (Phi) is 15.4. The molecule has 0 aliphatic heterocycles. The highest BCUT2D eigenvalue weighted by molar-refractivity contribution is 5.17. The van der Waals surface area contributed by atoms with Crippen LogP contribution in [0.4, 0.5) is 0 Å². The minimum atomic E-state index is 1.05. The summed E-state index contributed by atoms with van der Waals surface area (Å²) < 4.78 is 0. The summed E-state index contributed by atoms with van der Waals surface area (Å²) >= 11 is 0. The van der Waals surface area contributed by atoms with Gasteiger partial charge in [-0.25, -0.2) is 0 Å². The second-order valence-corrected chi connectivity index (χ2v) is 9.28. The van der Waals surface area contributed by atoms with Gasteiger partial charge in [0.15, 0.2) is 0 Å². The predicted molar refractivity (Wildman–Crippen MR) is 142 cm³/mol. The van der Waals surface area contributed by atoms with E-state index in [4.69, 9.17) is 0 Å².